The minimum Gasteiger partial charge on any atom is -0.493 e. The van der Waals surface area contributed by atoms with Crippen LogP contribution in [0, 0.1) is 5.92 Å². The van der Waals surface area contributed by atoms with Crippen LogP contribution in [0.5, 0.6) is 5.75 Å². The second-order valence-electron chi connectivity index (χ2n) is 7.06. The first-order chi connectivity index (χ1) is 14.0. The number of rotatable bonds is 9. The third kappa shape index (κ3) is 5.05. The molecule has 6 nitrogen and oxygen atoms in total. The Hall–Kier alpha value is -2.64. The molecule has 0 aliphatic carbocycles. The summed E-state index contributed by atoms with van der Waals surface area (Å²) in [4.78, 5) is 31.7. The van der Waals surface area contributed by atoms with Crippen molar-refractivity contribution in [3.05, 3.63) is 64.8 Å². The molecular formula is C22H24N2O4S. The van der Waals surface area contributed by atoms with Crippen LogP contribution in [0.4, 0.5) is 0 Å². The van der Waals surface area contributed by atoms with E-state index in [4.69, 9.17) is 4.74 Å². The predicted molar refractivity (Wildman–Crippen MR) is 113 cm³/mol. The first-order valence-electron chi connectivity index (χ1n) is 9.47. The van der Waals surface area contributed by atoms with Crippen LogP contribution in [0.1, 0.15) is 25.0 Å². The Bertz CT molecular complexity index is 895. The van der Waals surface area contributed by atoms with Gasteiger partial charge >= 0.3 is 0 Å². The number of aliphatic hydroxyl groups is 1. The maximum absolute atomic E-state index is 13.1. The Balaban J connectivity index is 1.87. The van der Waals surface area contributed by atoms with E-state index >= 15 is 0 Å². The SMILES string of the molecule is CC(C)COc1ccc(C2=C(SCCO)C(=O)N(Cc3cccnc3)C2=O)cc1. The van der Waals surface area contributed by atoms with Gasteiger partial charge in [-0.2, -0.15) is 0 Å². The lowest BCUT2D eigenvalue weighted by atomic mass is 10.1. The Morgan fingerprint density at radius 1 is 1.14 bits per heavy atom. The third-order valence-corrected chi connectivity index (χ3v) is 5.31. The lowest BCUT2D eigenvalue weighted by Gasteiger charge is -2.15. The number of hydrogen-bond donors (Lipinski definition) is 1. The molecule has 1 aromatic heterocycles. The molecule has 1 aliphatic rings. The number of carbonyl (C=O) groups excluding carboxylic acids is 2. The zero-order valence-corrected chi connectivity index (χ0v) is 17.3. The van der Waals surface area contributed by atoms with Crippen molar-refractivity contribution in [2.75, 3.05) is 19.0 Å². The fourth-order valence-corrected chi connectivity index (χ4v) is 3.77. The number of imide groups is 1. The van der Waals surface area contributed by atoms with E-state index in [-0.39, 0.29) is 25.0 Å². The van der Waals surface area contributed by atoms with Crippen LogP contribution < -0.4 is 4.74 Å². The second-order valence-corrected chi connectivity index (χ2v) is 8.17. The van der Waals surface area contributed by atoms with Crippen molar-refractivity contribution in [3.8, 4) is 5.75 Å². The summed E-state index contributed by atoms with van der Waals surface area (Å²) in [6.07, 6.45) is 3.28. The molecule has 3 rings (SSSR count). The minimum atomic E-state index is -0.340. The monoisotopic (exact) mass is 412 g/mol. The molecule has 0 spiro atoms. The van der Waals surface area contributed by atoms with Gasteiger partial charge in [0.05, 0.1) is 30.2 Å². The van der Waals surface area contributed by atoms with E-state index in [1.165, 1.54) is 16.7 Å². The van der Waals surface area contributed by atoms with Crippen molar-refractivity contribution < 1.29 is 19.4 Å². The van der Waals surface area contributed by atoms with Crippen LogP contribution in [-0.4, -0.2) is 45.8 Å². The number of hydrogen-bond acceptors (Lipinski definition) is 6. The van der Waals surface area contributed by atoms with E-state index in [2.05, 4.69) is 18.8 Å². The van der Waals surface area contributed by atoms with Crippen molar-refractivity contribution in [1.29, 1.82) is 0 Å². The number of amides is 2. The lowest BCUT2D eigenvalue weighted by molar-refractivity contribution is -0.137. The van der Waals surface area contributed by atoms with Crippen molar-refractivity contribution in [2.45, 2.75) is 20.4 Å². The van der Waals surface area contributed by atoms with Gasteiger partial charge < -0.3 is 9.84 Å². The second kappa shape index (κ2) is 9.71. The Labute approximate surface area is 174 Å². The van der Waals surface area contributed by atoms with Crippen LogP contribution in [0.15, 0.2) is 53.7 Å². The molecule has 0 saturated carbocycles. The Morgan fingerprint density at radius 3 is 2.52 bits per heavy atom. The Kier molecular flexibility index (Phi) is 7.06. The van der Waals surface area contributed by atoms with E-state index in [1.807, 2.05) is 6.07 Å². The van der Waals surface area contributed by atoms with Crippen LogP contribution >= 0.6 is 11.8 Å². The van der Waals surface area contributed by atoms with Crippen LogP contribution in [-0.2, 0) is 16.1 Å². The number of aromatic nitrogens is 1. The average molecular weight is 413 g/mol. The first kappa shape index (κ1) is 21.1. The van der Waals surface area contributed by atoms with Gasteiger partial charge in [-0.1, -0.05) is 32.0 Å². The quantitative estimate of drug-likeness (QED) is 0.638. The average Bonchev–Trinajstić information content (AvgIpc) is 2.96. The molecule has 7 heteroatoms. The topological polar surface area (TPSA) is 79.7 Å². The van der Waals surface area contributed by atoms with Crippen molar-refractivity contribution in [2.24, 2.45) is 5.92 Å². The van der Waals surface area contributed by atoms with Gasteiger partial charge in [-0.05, 0) is 35.2 Å². The third-order valence-electron chi connectivity index (χ3n) is 4.25. The molecule has 2 heterocycles. The van der Waals surface area contributed by atoms with Crippen LogP contribution in [0.25, 0.3) is 5.57 Å². The molecule has 0 radical (unpaired) electrons. The van der Waals surface area contributed by atoms with Gasteiger partial charge in [0, 0.05) is 18.1 Å². The minimum absolute atomic E-state index is 0.0759. The molecule has 0 saturated heterocycles. The van der Waals surface area contributed by atoms with E-state index < -0.39 is 0 Å². The maximum Gasteiger partial charge on any atom is 0.268 e. The van der Waals surface area contributed by atoms with Crippen molar-refractivity contribution in [1.82, 2.24) is 9.88 Å². The molecule has 1 aromatic carbocycles. The molecule has 0 bridgehead atoms. The highest BCUT2D eigenvalue weighted by Crippen LogP contribution is 2.37. The molecular weight excluding hydrogens is 388 g/mol. The summed E-state index contributed by atoms with van der Waals surface area (Å²) >= 11 is 1.20. The molecule has 2 aromatic rings. The molecule has 0 fully saturated rings. The normalized spacial score (nSPS) is 14.3. The predicted octanol–water partition coefficient (Wildman–Crippen LogP) is 3.12. The highest BCUT2D eigenvalue weighted by atomic mass is 32.2. The van der Waals surface area contributed by atoms with E-state index in [0.717, 1.165) is 11.3 Å². The van der Waals surface area contributed by atoms with Crippen molar-refractivity contribution >= 4 is 29.1 Å². The summed E-state index contributed by atoms with van der Waals surface area (Å²) in [5.41, 5.74) is 1.81. The zero-order chi connectivity index (χ0) is 20.8. The molecule has 29 heavy (non-hydrogen) atoms. The number of aliphatic hydroxyl groups excluding tert-OH is 1. The van der Waals surface area contributed by atoms with E-state index in [9.17, 15) is 14.7 Å². The van der Waals surface area contributed by atoms with E-state index in [1.54, 1.807) is 42.7 Å². The van der Waals surface area contributed by atoms with Gasteiger partial charge in [-0.15, -0.1) is 11.8 Å². The van der Waals surface area contributed by atoms with Gasteiger partial charge in [0.1, 0.15) is 5.75 Å². The molecule has 152 valence electrons. The highest BCUT2D eigenvalue weighted by Gasteiger charge is 2.39. The summed E-state index contributed by atoms with van der Waals surface area (Å²) in [6.45, 7) is 4.84. The number of nitrogens with zero attached hydrogens (tertiary/aromatic N) is 2. The molecule has 0 unspecified atom stereocenters. The van der Waals surface area contributed by atoms with Gasteiger partial charge in [0.2, 0.25) is 0 Å². The fourth-order valence-electron chi connectivity index (χ4n) is 2.89. The summed E-state index contributed by atoms with van der Waals surface area (Å²) in [5.74, 6) is 0.793. The van der Waals surface area contributed by atoms with Crippen molar-refractivity contribution in [3.63, 3.8) is 0 Å². The van der Waals surface area contributed by atoms with Gasteiger partial charge in [-0.25, -0.2) is 0 Å². The first-order valence-corrected chi connectivity index (χ1v) is 10.5. The summed E-state index contributed by atoms with van der Waals surface area (Å²) < 4.78 is 5.70. The zero-order valence-electron chi connectivity index (χ0n) is 16.5. The fraction of sp³-hybridized carbons (Fsp3) is 0.318. The Morgan fingerprint density at radius 2 is 1.90 bits per heavy atom. The largest absolute Gasteiger partial charge is 0.493 e. The smallest absolute Gasteiger partial charge is 0.268 e. The van der Waals surface area contributed by atoms with Gasteiger partial charge in [0.25, 0.3) is 11.8 Å². The summed E-state index contributed by atoms with van der Waals surface area (Å²) in [6, 6.07) is 10.8. The summed E-state index contributed by atoms with van der Waals surface area (Å²) in [7, 11) is 0. The molecule has 1 N–H and O–H groups in total. The molecule has 1 aliphatic heterocycles. The number of ether oxygens (including phenoxy) is 1. The number of benzene rings is 1. The van der Waals surface area contributed by atoms with Crippen LogP contribution in [0.3, 0.4) is 0 Å². The van der Waals surface area contributed by atoms with E-state index in [0.29, 0.717) is 34.3 Å². The maximum atomic E-state index is 13.1. The molecule has 2 amide bonds. The standard InChI is InChI=1S/C22H24N2O4S/c1-15(2)14-28-18-7-5-17(6-8-18)19-20(29-11-10-25)22(27)24(21(19)26)13-16-4-3-9-23-12-16/h3-9,12,15,25H,10-11,13-14H2,1-2H3. The van der Waals surface area contributed by atoms with Gasteiger partial charge in [-0.3, -0.25) is 19.5 Å². The summed E-state index contributed by atoms with van der Waals surface area (Å²) in [5, 5.41) is 9.20. The highest BCUT2D eigenvalue weighted by molar-refractivity contribution is 8.04. The van der Waals surface area contributed by atoms with Crippen LogP contribution in [0.2, 0.25) is 0 Å². The lowest BCUT2D eigenvalue weighted by Crippen LogP contribution is -2.31. The molecule has 0 atom stereocenters. The number of thioether (sulfide) groups is 1. The number of pyridine rings is 1. The van der Waals surface area contributed by atoms with Gasteiger partial charge in [0.15, 0.2) is 0 Å². The number of carbonyl (C=O) groups is 2.